The quantitative estimate of drug-likeness (QED) is 0.422. The molecule has 0 spiro atoms. The zero-order chi connectivity index (χ0) is 23.5. The Labute approximate surface area is 194 Å². The number of nitrogens with zero attached hydrogens (tertiary/aromatic N) is 4. The molecule has 0 atom stereocenters. The molecule has 0 bridgehead atoms. The van der Waals surface area contributed by atoms with Gasteiger partial charge in [0.2, 0.25) is 0 Å². The van der Waals surface area contributed by atoms with Crippen molar-refractivity contribution in [3.8, 4) is 16.9 Å². The summed E-state index contributed by atoms with van der Waals surface area (Å²) in [5.74, 6) is -0.788. The maximum atomic E-state index is 13.1. The Kier molecular flexibility index (Phi) is 5.70. The molecule has 3 heterocycles. The second kappa shape index (κ2) is 9.11. The summed E-state index contributed by atoms with van der Waals surface area (Å²) in [4.78, 5) is 38.5. The van der Waals surface area contributed by atoms with Crippen LogP contribution in [0.1, 0.15) is 21.6 Å². The lowest BCUT2D eigenvalue weighted by Gasteiger charge is -2.11. The first-order chi connectivity index (χ1) is 16.6. The van der Waals surface area contributed by atoms with Gasteiger partial charge in [0.25, 0.3) is 5.91 Å². The van der Waals surface area contributed by atoms with Gasteiger partial charge in [-0.05, 0) is 48.9 Å². The summed E-state index contributed by atoms with van der Waals surface area (Å²) >= 11 is 0. The molecule has 0 unspecified atom stereocenters. The number of oxazole rings is 1. The molecule has 0 saturated carbocycles. The molecule has 0 aliphatic rings. The molecule has 5 rings (SSSR count). The van der Waals surface area contributed by atoms with Crippen LogP contribution < -0.4 is 11.1 Å². The van der Waals surface area contributed by atoms with Crippen LogP contribution in [-0.4, -0.2) is 32.0 Å². The van der Waals surface area contributed by atoms with Crippen molar-refractivity contribution in [3.05, 3.63) is 107 Å². The third kappa shape index (κ3) is 4.33. The molecule has 0 radical (unpaired) electrons. The van der Waals surface area contributed by atoms with Crippen molar-refractivity contribution in [2.24, 2.45) is 0 Å². The predicted molar refractivity (Wildman–Crippen MR) is 128 cm³/mol. The minimum absolute atomic E-state index is 0.264. The Bertz CT molecular complexity index is 1520. The average Bonchev–Trinajstić information content (AvgIpc) is 3.20. The minimum Gasteiger partial charge on any atom is -0.407 e. The largest absolute Gasteiger partial charge is 0.424 e. The standard InChI is InChI=1S/C26H21N5O3/c1-17-6-7-22(30-15-17)18-12-19(25(32)29-9-8-20-16-27-10-11-28-20)14-21(13-18)31-23-4-2-3-5-24(23)34-26(31)33/h2-7,10-16H,8-9H2,1H3,(H,29,32). The maximum absolute atomic E-state index is 13.1. The van der Waals surface area contributed by atoms with Gasteiger partial charge in [0.1, 0.15) is 0 Å². The zero-order valence-corrected chi connectivity index (χ0v) is 18.4. The van der Waals surface area contributed by atoms with E-state index in [-0.39, 0.29) is 5.91 Å². The topological polar surface area (TPSA) is 103 Å². The van der Waals surface area contributed by atoms with Crippen molar-refractivity contribution >= 4 is 17.0 Å². The van der Waals surface area contributed by atoms with Crippen LogP contribution in [-0.2, 0) is 6.42 Å². The molecule has 3 aromatic heterocycles. The molecule has 8 heteroatoms. The van der Waals surface area contributed by atoms with Crippen LogP contribution in [0.3, 0.4) is 0 Å². The highest BCUT2D eigenvalue weighted by molar-refractivity contribution is 5.96. The van der Waals surface area contributed by atoms with E-state index in [1.54, 1.807) is 55.1 Å². The lowest BCUT2D eigenvalue weighted by Crippen LogP contribution is -2.26. The van der Waals surface area contributed by atoms with Crippen molar-refractivity contribution in [3.63, 3.8) is 0 Å². The second-order valence-electron chi connectivity index (χ2n) is 7.86. The highest BCUT2D eigenvalue weighted by Crippen LogP contribution is 2.25. The van der Waals surface area contributed by atoms with Crippen molar-refractivity contribution in [2.45, 2.75) is 13.3 Å². The van der Waals surface area contributed by atoms with E-state index in [0.717, 1.165) is 11.3 Å². The van der Waals surface area contributed by atoms with E-state index in [1.165, 1.54) is 4.57 Å². The van der Waals surface area contributed by atoms with Crippen LogP contribution in [0, 0.1) is 6.92 Å². The Morgan fingerprint density at radius 3 is 2.71 bits per heavy atom. The SMILES string of the molecule is Cc1ccc(-c2cc(C(=O)NCCc3cnccn3)cc(-n3c(=O)oc4ccccc43)c2)nc1. The Morgan fingerprint density at radius 2 is 1.91 bits per heavy atom. The summed E-state index contributed by atoms with van der Waals surface area (Å²) < 4.78 is 6.87. The van der Waals surface area contributed by atoms with Gasteiger partial charge < -0.3 is 9.73 Å². The summed E-state index contributed by atoms with van der Waals surface area (Å²) in [5, 5.41) is 2.92. The van der Waals surface area contributed by atoms with E-state index >= 15 is 0 Å². The molecule has 2 aromatic carbocycles. The fourth-order valence-electron chi connectivity index (χ4n) is 3.73. The molecule has 0 aliphatic carbocycles. The van der Waals surface area contributed by atoms with Gasteiger partial charge in [-0.1, -0.05) is 18.2 Å². The number of pyridine rings is 1. The molecule has 5 aromatic rings. The van der Waals surface area contributed by atoms with Crippen molar-refractivity contribution in [1.29, 1.82) is 0 Å². The molecule has 1 amide bonds. The molecule has 0 saturated heterocycles. The molecule has 0 fully saturated rings. The zero-order valence-electron chi connectivity index (χ0n) is 18.4. The van der Waals surface area contributed by atoms with E-state index < -0.39 is 5.76 Å². The first-order valence-electron chi connectivity index (χ1n) is 10.8. The molecule has 1 N–H and O–H groups in total. The first-order valence-corrected chi connectivity index (χ1v) is 10.8. The van der Waals surface area contributed by atoms with Gasteiger partial charge in [-0.3, -0.25) is 19.7 Å². The summed E-state index contributed by atoms with van der Waals surface area (Å²) in [6, 6.07) is 16.3. The summed E-state index contributed by atoms with van der Waals surface area (Å²) in [7, 11) is 0. The fraction of sp³-hybridized carbons (Fsp3) is 0.115. The van der Waals surface area contributed by atoms with E-state index in [1.807, 2.05) is 31.2 Å². The van der Waals surface area contributed by atoms with Crippen LogP contribution in [0.15, 0.2) is 88.6 Å². The highest BCUT2D eigenvalue weighted by atomic mass is 16.4. The number of para-hydroxylation sites is 2. The highest BCUT2D eigenvalue weighted by Gasteiger charge is 2.16. The Balaban J connectivity index is 1.53. The van der Waals surface area contributed by atoms with Crippen LogP contribution in [0.4, 0.5) is 0 Å². The third-order valence-corrected chi connectivity index (χ3v) is 5.41. The van der Waals surface area contributed by atoms with Gasteiger partial charge in [-0.25, -0.2) is 9.36 Å². The number of amides is 1. The van der Waals surface area contributed by atoms with E-state index in [9.17, 15) is 9.59 Å². The van der Waals surface area contributed by atoms with Crippen molar-refractivity contribution < 1.29 is 9.21 Å². The maximum Gasteiger partial charge on any atom is 0.424 e. The lowest BCUT2D eigenvalue weighted by molar-refractivity contribution is 0.0954. The smallest absolute Gasteiger partial charge is 0.407 e. The Hall–Kier alpha value is -4.59. The Morgan fingerprint density at radius 1 is 1.03 bits per heavy atom. The fourth-order valence-corrected chi connectivity index (χ4v) is 3.73. The summed E-state index contributed by atoms with van der Waals surface area (Å²) in [6.07, 6.45) is 7.22. The normalized spacial score (nSPS) is 11.0. The van der Waals surface area contributed by atoms with Crippen molar-refractivity contribution in [1.82, 2.24) is 24.8 Å². The monoisotopic (exact) mass is 451 g/mol. The van der Waals surface area contributed by atoms with Gasteiger partial charge in [-0.2, -0.15) is 0 Å². The number of aryl methyl sites for hydroxylation is 1. The molecule has 0 aliphatic heterocycles. The van der Waals surface area contributed by atoms with E-state index in [0.29, 0.717) is 46.6 Å². The predicted octanol–water partition coefficient (Wildman–Crippen LogP) is 3.72. The summed E-state index contributed by atoms with van der Waals surface area (Å²) in [6.45, 7) is 2.36. The number of benzene rings is 2. The van der Waals surface area contributed by atoms with Gasteiger partial charge >= 0.3 is 5.76 Å². The van der Waals surface area contributed by atoms with Gasteiger partial charge in [0.05, 0.1) is 22.6 Å². The number of nitrogens with one attached hydrogen (secondary N) is 1. The molecule has 34 heavy (non-hydrogen) atoms. The minimum atomic E-state index is -0.524. The van der Waals surface area contributed by atoms with Crippen LogP contribution in [0.2, 0.25) is 0 Å². The van der Waals surface area contributed by atoms with Crippen LogP contribution in [0.25, 0.3) is 28.0 Å². The number of carbonyl (C=O) groups is 1. The third-order valence-electron chi connectivity index (χ3n) is 5.41. The lowest BCUT2D eigenvalue weighted by atomic mass is 10.0. The number of fused-ring (bicyclic) bond motifs is 1. The van der Waals surface area contributed by atoms with E-state index in [4.69, 9.17) is 4.42 Å². The van der Waals surface area contributed by atoms with Gasteiger partial charge in [-0.15, -0.1) is 0 Å². The first kappa shape index (κ1) is 21.3. The molecule has 168 valence electrons. The average molecular weight is 451 g/mol. The van der Waals surface area contributed by atoms with Gasteiger partial charge in [0.15, 0.2) is 5.58 Å². The number of hydrogen-bond acceptors (Lipinski definition) is 6. The van der Waals surface area contributed by atoms with Crippen molar-refractivity contribution in [2.75, 3.05) is 6.54 Å². The number of rotatable bonds is 6. The number of aromatic nitrogens is 4. The molecule has 8 nitrogen and oxygen atoms in total. The van der Waals surface area contributed by atoms with Gasteiger partial charge in [0, 0.05) is 48.9 Å². The number of hydrogen-bond donors (Lipinski definition) is 1. The van der Waals surface area contributed by atoms with Crippen LogP contribution >= 0.6 is 0 Å². The second-order valence-corrected chi connectivity index (χ2v) is 7.86. The van der Waals surface area contributed by atoms with E-state index in [2.05, 4.69) is 20.3 Å². The molecular weight excluding hydrogens is 430 g/mol. The number of carbonyl (C=O) groups excluding carboxylic acids is 1. The summed E-state index contributed by atoms with van der Waals surface area (Å²) in [5.41, 5.74) is 5.25. The molecular formula is C26H21N5O3. The van der Waals surface area contributed by atoms with Crippen LogP contribution in [0.5, 0.6) is 0 Å².